The Morgan fingerprint density at radius 3 is 2.28 bits per heavy atom. The molecular formula is C26H25BrClN3O4S. The van der Waals surface area contributed by atoms with Gasteiger partial charge in [-0.1, -0.05) is 51.8 Å². The SMILES string of the molecule is N#CC1(NC(=O)[C@@H]2C[C@@H](S(=O)(=O)Cc3ccc(Br)cc3)CN2C(=O)C2(c3ccc(Cl)cc3)CC2)CC1. The average Bonchev–Trinajstić information content (AvgIpc) is 3.77. The zero-order valence-corrected chi connectivity index (χ0v) is 22.6. The lowest BCUT2D eigenvalue weighted by molar-refractivity contribution is -0.140. The number of sulfone groups is 1. The molecule has 1 N–H and O–H groups in total. The van der Waals surface area contributed by atoms with Crippen molar-refractivity contribution in [1.29, 1.82) is 5.26 Å². The van der Waals surface area contributed by atoms with Gasteiger partial charge in [0, 0.05) is 16.0 Å². The summed E-state index contributed by atoms with van der Waals surface area (Å²) in [6.07, 6.45) is 2.36. The average molecular weight is 591 g/mol. The maximum Gasteiger partial charge on any atom is 0.244 e. The van der Waals surface area contributed by atoms with E-state index in [4.69, 9.17) is 11.6 Å². The number of nitrogens with zero attached hydrogens (tertiary/aromatic N) is 2. The van der Waals surface area contributed by atoms with Gasteiger partial charge < -0.3 is 10.2 Å². The van der Waals surface area contributed by atoms with E-state index in [1.807, 2.05) is 12.1 Å². The minimum absolute atomic E-state index is 0.00857. The van der Waals surface area contributed by atoms with Gasteiger partial charge in [0.25, 0.3) is 0 Å². The van der Waals surface area contributed by atoms with Crippen LogP contribution >= 0.6 is 27.5 Å². The lowest BCUT2D eigenvalue weighted by Gasteiger charge is -2.29. The van der Waals surface area contributed by atoms with Gasteiger partial charge >= 0.3 is 0 Å². The molecule has 5 rings (SSSR count). The second kappa shape index (κ2) is 9.16. The van der Waals surface area contributed by atoms with Crippen LogP contribution in [0.2, 0.25) is 5.02 Å². The first-order valence-electron chi connectivity index (χ1n) is 11.8. The Bertz CT molecular complexity index is 1350. The molecule has 0 aromatic heterocycles. The maximum atomic E-state index is 13.9. The molecule has 188 valence electrons. The van der Waals surface area contributed by atoms with Crippen molar-refractivity contribution >= 4 is 49.2 Å². The molecule has 0 unspecified atom stereocenters. The van der Waals surface area contributed by atoms with E-state index in [0.717, 1.165) is 10.0 Å². The summed E-state index contributed by atoms with van der Waals surface area (Å²) in [6, 6.07) is 15.3. The van der Waals surface area contributed by atoms with Gasteiger partial charge in [-0.15, -0.1) is 0 Å². The predicted octanol–water partition coefficient (Wildman–Crippen LogP) is 3.89. The Balaban J connectivity index is 1.42. The summed E-state index contributed by atoms with van der Waals surface area (Å²) in [7, 11) is -3.66. The van der Waals surface area contributed by atoms with Gasteiger partial charge in [-0.2, -0.15) is 5.26 Å². The van der Waals surface area contributed by atoms with Crippen LogP contribution in [0.15, 0.2) is 53.0 Å². The molecule has 2 atom stereocenters. The van der Waals surface area contributed by atoms with Crippen LogP contribution in [0.1, 0.15) is 43.2 Å². The molecule has 7 nitrogen and oxygen atoms in total. The molecule has 1 saturated heterocycles. The zero-order chi connectivity index (χ0) is 25.7. The topological polar surface area (TPSA) is 107 Å². The monoisotopic (exact) mass is 589 g/mol. The van der Waals surface area contributed by atoms with Crippen LogP contribution in [0.3, 0.4) is 0 Å². The fraction of sp³-hybridized carbons (Fsp3) is 0.423. The summed E-state index contributed by atoms with van der Waals surface area (Å²) in [6.45, 7) is -0.0509. The lowest BCUT2D eigenvalue weighted by atomic mass is 9.94. The van der Waals surface area contributed by atoms with E-state index in [1.54, 1.807) is 36.4 Å². The largest absolute Gasteiger partial charge is 0.336 e. The number of rotatable bonds is 7. The fourth-order valence-electron chi connectivity index (χ4n) is 4.97. The Kier molecular flexibility index (Phi) is 6.42. The Morgan fingerprint density at radius 2 is 1.72 bits per heavy atom. The van der Waals surface area contributed by atoms with Crippen LogP contribution in [0.4, 0.5) is 0 Å². The normalized spacial score (nSPS) is 23.5. The Labute approximate surface area is 223 Å². The highest BCUT2D eigenvalue weighted by atomic mass is 79.9. The second-order valence-corrected chi connectivity index (χ2v) is 13.7. The first-order valence-corrected chi connectivity index (χ1v) is 14.7. The number of carbonyl (C=O) groups excluding carboxylic acids is 2. The lowest BCUT2D eigenvalue weighted by Crippen LogP contribution is -2.51. The summed E-state index contributed by atoms with van der Waals surface area (Å²) in [5.74, 6) is -0.880. The van der Waals surface area contributed by atoms with Crippen molar-refractivity contribution in [2.24, 2.45) is 0 Å². The predicted molar refractivity (Wildman–Crippen MR) is 139 cm³/mol. The third-order valence-corrected chi connectivity index (χ3v) is 10.4. The molecule has 0 bridgehead atoms. The molecule has 1 aliphatic heterocycles. The molecule has 36 heavy (non-hydrogen) atoms. The highest BCUT2D eigenvalue weighted by Gasteiger charge is 2.57. The van der Waals surface area contributed by atoms with Crippen molar-refractivity contribution in [2.45, 2.75) is 60.1 Å². The van der Waals surface area contributed by atoms with Crippen molar-refractivity contribution in [3.63, 3.8) is 0 Å². The summed E-state index contributed by atoms with van der Waals surface area (Å²) >= 11 is 9.39. The van der Waals surface area contributed by atoms with Crippen LogP contribution in [0.25, 0.3) is 0 Å². The van der Waals surface area contributed by atoms with Crippen LogP contribution in [0.5, 0.6) is 0 Å². The molecule has 10 heteroatoms. The highest BCUT2D eigenvalue weighted by Crippen LogP contribution is 2.51. The minimum atomic E-state index is -3.66. The molecule has 1 heterocycles. The third kappa shape index (κ3) is 4.79. The number of hydrogen-bond donors (Lipinski definition) is 1. The van der Waals surface area contributed by atoms with E-state index in [9.17, 15) is 23.3 Å². The molecule has 3 aliphatic rings. The standard InChI is InChI=1S/C26H25BrClN3O4S/c27-19-5-1-17(2-6-19)15-36(34,35)21-13-22(23(32)30-25(16-29)9-10-25)31(14-21)24(33)26(11-12-26)18-3-7-20(28)8-4-18/h1-8,21-22H,9-15H2,(H,30,32)/t21-,22+/m1/s1. The van der Waals surface area contributed by atoms with Gasteiger partial charge in [0.1, 0.15) is 11.6 Å². The molecule has 2 amide bonds. The number of amides is 2. The number of hydrogen-bond acceptors (Lipinski definition) is 5. The van der Waals surface area contributed by atoms with E-state index in [0.29, 0.717) is 36.3 Å². The number of halogens is 2. The van der Waals surface area contributed by atoms with E-state index in [2.05, 4.69) is 27.3 Å². The maximum absolute atomic E-state index is 13.9. The van der Waals surface area contributed by atoms with Crippen molar-refractivity contribution < 1.29 is 18.0 Å². The molecule has 0 radical (unpaired) electrons. The van der Waals surface area contributed by atoms with E-state index < -0.39 is 38.0 Å². The molecular weight excluding hydrogens is 566 g/mol. The molecule has 0 spiro atoms. The fourth-order valence-corrected chi connectivity index (χ4v) is 7.11. The van der Waals surface area contributed by atoms with Gasteiger partial charge in [-0.3, -0.25) is 9.59 Å². The van der Waals surface area contributed by atoms with Gasteiger partial charge in [-0.25, -0.2) is 8.42 Å². The number of likely N-dealkylation sites (tertiary alicyclic amines) is 1. The summed E-state index contributed by atoms with van der Waals surface area (Å²) in [4.78, 5) is 28.6. The van der Waals surface area contributed by atoms with Gasteiger partial charge in [0.15, 0.2) is 9.84 Å². The molecule has 2 aromatic rings. The van der Waals surface area contributed by atoms with Crippen LogP contribution in [-0.2, 0) is 30.6 Å². The Morgan fingerprint density at radius 1 is 1.08 bits per heavy atom. The van der Waals surface area contributed by atoms with E-state index in [1.165, 1.54) is 4.90 Å². The minimum Gasteiger partial charge on any atom is -0.336 e. The summed E-state index contributed by atoms with van der Waals surface area (Å²) < 4.78 is 27.7. The van der Waals surface area contributed by atoms with E-state index in [-0.39, 0.29) is 24.6 Å². The quantitative estimate of drug-likeness (QED) is 0.527. The number of nitriles is 1. The van der Waals surface area contributed by atoms with Gasteiger partial charge in [-0.05, 0) is 67.5 Å². The van der Waals surface area contributed by atoms with Crippen molar-refractivity contribution in [1.82, 2.24) is 10.2 Å². The van der Waals surface area contributed by atoms with Crippen LogP contribution in [-0.4, -0.2) is 48.5 Å². The first-order chi connectivity index (χ1) is 17.1. The van der Waals surface area contributed by atoms with Gasteiger partial charge in [0.05, 0.1) is 22.5 Å². The Hall–Kier alpha value is -2.41. The van der Waals surface area contributed by atoms with Gasteiger partial charge in [0.2, 0.25) is 11.8 Å². The van der Waals surface area contributed by atoms with E-state index >= 15 is 0 Å². The number of benzene rings is 2. The van der Waals surface area contributed by atoms with Crippen molar-refractivity contribution in [3.8, 4) is 6.07 Å². The second-order valence-electron chi connectivity index (χ2n) is 10.0. The van der Waals surface area contributed by atoms with Crippen LogP contribution < -0.4 is 5.32 Å². The molecule has 2 saturated carbocycles. The third-order valence-electron chi connectivity index (χ3n) is 7.50. The van der Waals surface area contributed by atoms with Crippen LogP contribution in [0, 0.1) is 11.3 Å². The smallest absolute Gasteiger partial charge is 0.244 e. The summed E-state index contributed by atoms with van der Waals surface area (Å²) in [5, 5.41) is 11.9. The highest BCUT2D eigenvalue weighted by molar-refractivity contribution is 9.10. The molecule has 3 fully saturated rings. The first kappa shape index (κ1) is 25.2. The summed E-state index contributed by atoms with van der Waals surface area (Å²) in [5.41, 5.74) is -0.230. The number of carbonyl (C=O) groups is 2. The zero-order valence-electron chi connectivity index (χ0n) is 19.4. The van der Waals surface area contributed by atoms with Crippen molar-refractivity contribution in [2.75, 3.05) is 6.54 Å². The van der Waals surface area contributed by atoms with Crippen molar-refractivity contribution in [3.05, 3.63) is 69.2 Å². The molecule has 2 aromatic carbocycles. The number of nitrogens with one attached hydrogen (secondary N) is 1. The molecule has 2 aliphatic carbocycles.